The molecule has 2 N–H and O–H groups in total. The summed E-state index contributed by atoms with van der Waals surface area (Å²) in [5.41, 5.74) is 6.09. The molecular formula is C15H32N2. The Hall–Kier alpha value is -0.0800. The van der Waals surface area contributed by atoms with E-state index < -0.39 is 0 Å². The number of likely N-dealkylation sites (tertiary alicyclic amines) is 1. The van der Waals surface area contributed by atoms with Crippen molar-refractivity contribution in [2.45, 2.75) is 78.3 Å². The van der Waals surface area contributed by atoms with Crippen molar-refractivity contribution >= 4 is 0 Å². The fourth-order valence-corrected chi connectivity index (χ4v) is 3.22. The van der Waals surface area contributed by atoms with Crippen LogP contribution in [0.2, 0.25) is 0 Å². The summed E-state index contributed by atoms with van der Waals surface area (Å²) < 4.78 is 0. The average molecular weight is 240 g/mol. The standard InChI is InChI=1S/C15H32N2/c1-5-14-8-7-13(2)17(14)12-6-9-15(3,4)10-11-16/h13-14H,5-12,16H2,1-4H3. The quantitative estimate of drug-likeness (QED) is 0.739. The van der Waals surface area contributed by atoms with E-state index in [-0.39, 0.29) is 0 Å². The van der Waals surface area contributed by atoms with E-state index in [0.717, 1.165) is 25.0 Å². The van der Waals surface area contributed by atoms with Crippen molar-refractivity contribution in [2.75, 3.05) is 13.1 Å². The Morgan fingerprint density at radius 3 is 2.53 bits per heavy atom. The zero-order valence-corrected chi connectivity index (χ0v) is 12.3. The first-order chi connectivity index (χ1) is 8.00. The molecule has 0 aromatic heterocycles. The molecule has 0 aromatic rings. The van der Waals surface area contributed by atoms with E-state index in [1.807, 2.05) is 0 Å². The number of hydrogen-bond donors (Lipinski definition) is 1. The Bertz CT molecular complexity index is 213. The van der Waals surface area contributed by atoms with Crippen LogP contribution in [0.4, 0.5) is 0 Å². The van der Waals surface area contributed by atoms with Gasteiger partial charge < -0.3 is 5.73 Å². The highest BCUT2D eigenvalue weighted by atomic mass is 15.2. The molecular weight excluding hydrogens is 208 g/mol. The molecule has 2 heteroatoms. The second-order valence-electron chi connectivity index (χ2n) is 6.53. The highest BCUT2D eigenvalue weighted by Gasteiger charge is 2.29. The molecule has 0 amide bonds. The molecule has 0 aliphatic carbocycles. The van der Waals surface area contributed by atoms with Gasteiger partial charge in [-0.15, -0.1) is 0 Å². The number of rotatable bonds is 7. The maximum Gasteiger partial charge on any atom is 0.00960 e. The smallest absolute Gasteiger partial charge is 0.00960 e. The molecule has 102 valence electrons. The minimum Gasteiger partial charge on any atom is -0.330 e. The average Bonchev–Trinajstić information content (AvgIpc) is 2.60. The Kier molecular flexibility index (Phi) is 5.94. The monoisotopic (exact) mass is 240 g/mol. The highest BCUT2D eigenvalue weighted by Crippen LogP contribution is 2.29. The van der Waals surface area contributed by atoms with Crippen molar-refractivity contribution < 1.29 is 0 Å². The maximum atomic E-state index is 5.66. The zero-order chi connectivity index (χ0) is 12.9. The summed E-state index contributed by atoms with van der Waals surface area (Å²) in [6.07, 6.45) is 7.91. The molecule has 1 heterocycles. The summed E-state index contributed by atoms with van der Waals surface area (Å²) in [4.78, 5) is 2.73. The Morgan fingerprint density at radius 2 is 1.94 bits per heavy atom. The molecule has 2 nitrogen and oxygen atoms in total. The van der Waals surface area contributed by atoms with Crippen LogP contribution in [-0.4, -0.2) is 30.1 Å². The first-order valence-electron chi connectivity index (χ1n) is 7.46. The summed E-state index contributed by atoms with van der Waals surface area (Å²) in [7, 11) is 0. The van der Waals surface area contributed by atoms with E-state index in [9.17, 15) is 0 Å². The van der Waals surface area contributed by atoms with Gasteiger partial charge >= 0.3 is 0 Å². The van der Waals surface area contributed by atoms with Gasteiger partial charge in [-0.05, 0) is 64.0 Å². The van der Waals surface area contributed by atoms with E-state index in [2.05, 4.69) is 32.6 Å². The van der Waals surface area contributed by atoms with Gasteiger partial charge in [-0.1, -0.05) is 20.8 Å². The van der Waals surface area contributed by atoms with Gasteiger partial charge in [0.1, 0.15) is 0 Å². The van der Waals surface area contributed by atoms with Crippen LogP contribution in [0.3, 0.4) is 0 Å². The van der Waals surface area contributed by atoms with Crippen LogP contribution in [-0.2, 0) is 0 Å². The van der Waals surface area contributed by atoms with Gasteiger partial charge in [0.25, 0.3) is 0 Å². The number of hydrogen-bond acceptors (Lipinski definition) is 2. The van der Waals surface area contributed by atoms with Crippen LogP contribution in [0.25, 0.3) is 0 Å². The van der Waals surface area contributed by atoms with Crippen molar-refractivity contribution in [3.05, 3.63) is 0 Å². The molecule has 2 atom stereocenters. The molecule has 1 rings (SSSR count). The van der Waals surface area contributed by atoms with E-state index in [4.69, 9.17) is 5.73 Å². The van der Waals surface area contributed by atoms with Crippen molar-refractivity contribution in [1.29, 1.82) is 0 Å². The predicted octanol–water partition coefficient (Wildman–Crippen LogP) is 3.40. The van der Waals surface area contributed by atoms with E-state index >= 15 is 0 Å². The minimum absolute atomic E-state index is 0.430. The van der Waals surface area contributed by atoms with Crippen molar-refractivity contribution in [2.24, 2.45) is 11.1 Å². The van der Waals surface area contributed by atoms with Crippen LogP contribution >= 0.6 is 0 Å². The van der Waals surface area contributed by atoms with E-state index in [1.165, 1.54) is 38.6 Å². The molecule has 0 radical (unpaired) electrons. The third kappa shape index (κ3) is 4.59. The van der Waals surface area contributed by atoms with E-state index in [1.54, 1.807) is 0 Å². The van der Waals surface area contributed by atoms with Crippen molar-refractivity contribution in [3.8, 4) is 0 Å². The molecule has 0 saturated carbocycles. The first-order valence-corrected chi connectivity index (χ1v) is 7.46. The number of nitrogens with two attached hydrogens (primary N) is 1. The van der Waals surface area contributed by atoms with Crippen LogP contribution < -0.4 is 5.73 Å². The summed E-state index contributed by atoms with van der Waals surface area (Å²) in [6, 6.07) is 1.65. The topological polar surface area (TPSA) is 29.3 Å². The van der Waals surface area contributed by atoms with Gasteiger partial charge in [-0.3, -0.25) is 4.90 Å². The third-order valence-corrected chi connectivity index (χ3v) is 4.52. The Balaban J connectivity index is 2.30. The van der Waals surface area contributed by atoms with Gasteiger partial charge in [0.2, 0.25) is 0 Å². The third-order valence-electron chi connectivity index (χ3n) is 4.52. The van der Waals surface area contributed by atoms with E-state index in [0.29, 0.717) is 5.41 Å². The molecule has 0 spiro atoms. The van der Waals surface area contributed by atoms with Crippen molar-refractivity contribution in [1.82, 2.24) is 4.90 Å². The molecule has 0 aromatic carbocycles. The molecule has 1 saturated heterocycles. The highest BCUT2D eigenvalue weighted by molar-refractivity contribution is 4.84. The van der Waals surface area contributed by atoms with Gasteiger partial charge in [-0.25, -0.2) is 0 Å². The Labute approximate surface area is 108 Å². The lowest BCUT2D eigenvalue weighted by atomic mass is 9.84. The molecule has 1 aliphatic heterocycles. The fraction of sp³-hybridized carbons (Fsp3) is 1.00. The summed E-state index contributed by atoms with van der Waals surface area (Å²) in [5.74, 6) is 0. The lowest BCUT2D eigenvalue weighted by Crippen LogP contribution is -2.35. The fourth-order valence-electron chi connectivity index (χ4n) is 3.22. The maximum absolute atomic E-state index is 5.66. The van der Waals surface area contributed by atoms with Crippen LogP contribution in [0.15, 0.2) is 0 Å². The van der Waals surface area contributed by atoms with Crippen LogP contribution in [0.1, 0.15) is 66.2 Å². The van der Waals surface area contributed by atoms with Crippen LogP contribution in [0, 0.1) is 5.41 Å². The molecule has 2 unspecified atom stereocenters. The molecule has 17 heavy (non-hydrogen) atoms. The predicted molar refractivity (Wildman–Crippen MR) is 76.2 cm³/mol. The Morgan fingerprint density at radius 1 is 1.24 bits per heavy atom. The summed E-state index contributed by atoms with van der Waals surface area (Å²) in [5, 5.41) is 0. The normalized spacial score (nSPS) is 26.6. The SMILES string of the molecule is CCC1CCC(C)N1CCCC(C)(C)CCN. The number of nitrogens with zero attached hydrogens (tertiary/aromatic N) is 1. The zero-order valence-electron chi connectivity index (χ0n) is 12.3. The van der Waals surface area contributed by atoms with Crippen LogP contribution in [0.5, 0.6) is 0 Å². The summed E-state index contributed by atoms with van der Waals surface area (Å²) >= 11 is 0. The second-order valence-corrected chi connectivity index (χ2v) is 6.53. The van der Waals surface area contributed by atoms with Gasteiger partial charge in [0, 0.05) is 12.1 Å². The minimum atomic E-state index is 0.430. The van der Waals surface area contributed by atoms with Gasteiger partial charge in [-0.2, -0.15) is 0 Å². The molecule has 1 fully saturated rings. The first kappa shape index (κ1) is 15.0. The lowest BCUT2D eigenvalue weighted by Gasteiger charge is -2.30. The lowest BCUT2D eigenvalue weighted by molar-refractivity contribution is 0.180. The van der Waals surface area contributed by atoms with Gasteiger partial charge in [0.05, 0.1) is 0 Å². The molecule has 1 aliphatic rings. The second kappa shape index (κ2) is 6.75. The van der Waals surface area contributed by atoms with Gasteiger partial charge in [0.15, 0.2) is 0 Å². The van der Waals surface area contributed by atoms with Crippen molar-refractivity contribution in [3.63, 3.8) is 0 Å². The summed E-state index contributed by atoms with van der Waals surface area (Å²) in [6.45, 7) is 11.5. The largest absolute Gasteiger partial charge is 0.330 e. The molecule has 0 bridgehead atoms.